The summed E-state index contributed by atoms with van der Waals surface area (Å²) in [5.74, 6) is -0.548. The molecule has 0 fully saturated rings. The smallest absolute Gasteiger partial charge is 0.303 e. The Morgan fingerprint density at radius 2 is 1.94 bits per heavy atom. The second kappa shape index (κ2) is 8.98. The van der Waals surface area contributed by atoms with Crippen LogP contribution in [0.2, 0.25) is 0 Å². The van der Waals surface area contributed by atoms with Crippen molar-refractivity contribution in [3.05, 3.63) is 0 Å². The van der Waals surface area contributed by atoms with Crippen molar-refractivity contribution >= 4 is 11.9 Å². The lowest BCUT2D eigenvalue weighted by atomic mass is 9.94. The molecule has 0 spiro atoms. The first kappa shape index (κ1) is 15.9. The molecule has 0 aliphatic rings. The van der Waals surface area contributed by atoms with Gasteiger partial charge in [-0.15, -0.1) is 0 Å². The number of carboxylic acid groups (broad SMARTS) is 1. The van der Waals surface area contributed by atoms with Crippen LogP contribution in [-0.2, 0) is 9.59 Å². The van der Waals surface area contributed by atoms with Crippen LogP contribution in [0.3, 0.4) is 0 Å². The van der Waals surface area contributed by atoms with Crippen LogP contribution in [0.25, 0.3) is 0 Å². The Morgan fingerprint density at radius 3 is 2.41 bits per heavy atom. The molecule has 17 heavy (non-hydrogen) atoms. The molecule has 2 atom stereocenters. The molecule has 4 N–H and O–H groups in total. The number of carboxylic acids is 1. The fraction of sp³-hybridized carbons (Fsp3) is 0.833. The lowest BCUT2D eigenvalue weighted by Gasteiger charge is -2.16. The van der Waals surface area contributed by atoms with Gasteiger partial charge in [0.15, 0.2) is 0 Å². The summed E-state index contributed by atoms with van der Waals surface area (Å²) < 4.78 is 0. The number of hydrogen-bond acceptors (Lipinski definition) is 3. The number of carbonyl (C=O) groups excluding carboxylic acids is 1. The van der Waals surface area contributed by atoms with Crippen molar-refractivity contribution in [3.63, 3.8) is 0 Å². The largest absolute Gasteiger partial charge is 0.481 e. The third-order valence-corrected chi connectivity index (χ3v) is 2.73. The fourth-order valence-corrected chi connectivity index (χ4v) is 1.73. The Hall–Kier alpha value is -1.10. The SMILES string of the molecule is CCCC(CCNC(=O)[C@@H](C)N)CCC(=O)O. The Kier molecular flexibility index (Phi) is 8.40. The van der Waals surface area contributed by atoms with E-state index in [1.807, 2.05) is 0 Å². The van der Waals surface area contributed by atoms with Crippen LogP contribution >= 0.6 is 0 Å². The number of nitrogens with one attached hydrogen (secondary N) is 1. The number of carbonyl (C=O) groups is 2. The van der Waals surface area contributed by atoms with E-state index in [0.717, 1.165) is 19.3 Å². The van der Waals surface area contributed by atoms with E-state index >= 15 is 0 Å². The van der Waals surface area contributed by atoms with Crippen LogP contribution in [0.4, 0.5) is 0 Å². The molecular formula is C12H24N2O3. The zero-order valence-corrected chi connectivity index (χ0v) is 10.7. The van der Waals surface area contributed by atoms with Gasteiger partial charge in [0.1, 0.15) is 0 Å². The molecule has 0 aromatic carbocycles. The van der Waals surface area contributed by atoms with Gasteiger partial charge in [-0.05, 0) is 25.7 Å². The third-order valence-electron chi connectivity index (χ3n) is 2.73. The van der Waals surface area contributed by atoms with Crippen LogP contribution in [-0.4, -0.2) is 29.6 Å². The molecule has 0 aromatic rings. The minimum atomic E-state index is -0.759. The number of rotatable bonds is 9. The van der Waals surface area contributed by atoms with Crippen LogP contribution in [0.15, 0.2) is 0 Å². The molecule has 0 rings (SSSR count). The molecule has 1 unspecified atom stereocenters. The Bertz CT molecular complexity index is 242. The summed E-state index contributed by atoms with van der Waals surface area (Å²) in [4.78, 5) is 21.7. The van der Waals surface area contributed by atoms with Crippen molar-refractivity contribution in [1.29, 1.82) is 0 Å². The van der Waals surface area contributed by atoms with E-state index < -0.39 is 12.0 Å². The molecular weight excluding hydrogens is 220 g/mol. The molecule has 5 heteroatoms. The van der Waals surface area contributed by atoms with Gasteiger partial charge in [-0.3, -0.25) is 9.59 Å². The highest BCUT2D eigenvalue weighted by molar-refractivity contribution is 5.80. The summed E-state index contributed by atoms with van der Waals surface area (Å²) in [6, 6.07) is -0.487. The van der Waals surface area contributed by atoms with Gasteiger partial charge in [-0.25, -0.2) is 0 Å². The summed E-state index contributed by atoms with van der Waals surface area (Å²) in [5.41, 5.74) is 5.42. The van der Waals surface area contributed by atoms with E-state index in [2.05, 4.69) is 12.2 Å². The zero-order chi connectivity index (χ0) is 13.3. The molecule has 0 aliphatic heterocycles. The second-order valence-electron chi connectivity index (χ2n) is 4.46. The second-order valence-corrected chi connectivity index (χ2v) is 4.46. The molecule has 100 valence electrons. The van der Waals surface area contributed by atoms with Crippen molar-refractivity contribution in [2.24, 2.45) is 11.7 Å². The molecule has 0 saturated carbocycles. The number of aliphatic carboxylic acids is 1. The Morgan fingerprint density at radius 1 is 1.29 bits per heavy atom. The summed E-state index contributed by atoms with van der Waals surface area (Å²) in [6.07, 6.45) is 3.73. The van der Waals surface area contributed by atoms with Crippen LogP contribution in [0.1, 0.15) is 46.0 Å². The summed E-state index contributed by atoms with van der Waals surface area (Å²) in [7, 11) is 0. The molecule has 0 heterocycles. The van der Waals surface area contributed by atoms with Gasteiger partial charge < -0.3 is 16.2 Å². The van der Waals surface area contributed by atoms with Gasteiger partial charge in [0, 0.05) is 13.0 Å². The summed E-state index contributed by atoms with van der Waals surface area (Å²) in [6.45, 7) is 4.29. The van der Waals surface area contributed by atoms with E-state index in [9.17, 15) is 9.59 Å². The van der Waals surface area contributed by atoms with E-state index in [-0.39, 0.29) is 12.3 Å². The topological polar surface area (TPSA) is 92.4 Å². The first-order chi connectivity index (χ1) is 7.97. The van der Waals surface area contributed by atoms with E-state index in [1.54, 1.807) is 6.92 Å². The van der Waals surface area contributed by atoms with Gasteiger partial charge >= 0.3 is 5.97 Å². The van der Waals surface area contributed by atoms with Crippen molar-refractivity contribution in [2.75, 3.05) is 6.54 Å². The minimum absolute atomic E-state index is 0.154. The maximum atomic E-state index is 11.2. The van der Waals surface area contributed by atoms with E-state index in [1.165, 1.54) is 0 Å². The number of nitrogens with two attached hydrogens (primary N) is 1. The van der Waals surface area contributed by atoms with E-state index in [4.69, 9.17) is 10.8 Å². The predicted molar refractivity (Wildman–Crippen MR) is 66.5 cm³/mol. The predicted octanol–water partition coefficient (Wildman–Crippen LogP) is 1.12. The average Bonchev–Trinajstić information content (AvgIpc) is 2.25. The molecule has 5 nitrogen and oxygen atoms in total. The van der Waals surface area contributed by atoms with Crippen LogP contribution < -0.4 is 11.1 Å². The maximum Gasteiger partial charge on any atom is 0.303 e. The Balaban J connectivity index is 3.83. The fourth-order valence-electron chi connectivity index (χ4n) is 1.73. The monoisotopic (exact) mass is 244 g/mol. The zero-order valence-electron chi connectivity index (χ0n) is 10.7. The normalized spacial score (nSPS) is 14.1. The van der Waals surface area contributed by atoms with Crippen molar-refractivity contribution in [2.45, 2.75) is 52.0 Å². The summed E-state index contributed by atoms with van der Waals surface area (Å²) in [5, 5.41) is 11.4. The highest BCUT2D eigenvalue weighted by Crippen LogP contribution is 2.17. The highest BCUT2D eigenvalue weighted by Gasteiger charge is 2.11. The average molecular weight is 244 g/mol. The molecule has 0 saturated heterocycles. The van der Waals surface area contributed by atoms with E-state index in [0.29, 0.717) is 18.9 Å². The van der Waals surface area contributed by atoms with Crippen molar-refractivity contribution in [1.82, 2.24) is 5.32 Å². The minimum Gasteiger partial charge on any atom is -0.481 e. The maximum absolute atomic E-state index is 11.2. The van der Waals surface area contributed by atoms with Gasteiger partial charge in [-0.2, -0.15) is 0 Å². The highest BCUT2D eigenvalue weighted by atomic mass is 16.4. The first-order valence-electron chi connectivity index (χ1n) is 6.22. The Labute approximate surface area is 103 Å². The van der Waals surface area contributed by atoms with Crippen LogP contribution in [0.5, 0.6) is 0 Å². The van der Waals surface area contributed by atoms with Crippen molar-refractivity contribution < 1.29 is 14.7 Å². The number of hydrogen-bond donors (Lipinski definition) is 3. The van der Waals surface area contributed by atoms with Crippen LogP contribution in [0, 0.1) is 5.92 Å². The molecule has 1 amide bonds. The molecule has 0 aromatic heterocycles. The standard InChI is InChI=1S/C12H24N2O3/c1-3-4-10(5-6-11(15)16)7-8-14-12(17)9(2)13/h9-10H,3-8,13H2,1-2H3,(H,14,17)(H,15,16)/t9-,10?/m1/s1. The quantitative estimate of drug-likeness (QED) is 0.566. The molecule has 0 aliphatic carbocycles. The number of amides is 1. The summed E-state index contributed by atoms with van der Waals surface area (Å²) >= 11 is 0. The molecule has 0 bridgehead atoms. The van der Waals surface area contributed by atoms with Gasteiger partial charge in [0.05, 0.1) is 6.04 Å². The molecule has 0 radical (unpaired) electrons. The lowest BCUT2D eigenvalue weighted by molar-refractivity contribution is -0.137. The third kappa shape index (κ3) is 8.68. The first-order valence-corrected chi connectivity index (χ1v) is 6.22. The van der Waals surface area contributed by atoms with Gasteiger partial charge in [0.2, 0.25) is 5.91 Å². The van der Waals surface area contributed by atoms with Gasteiger partial charge in [-0.1, -0.05) is 19.8 Å². The van der Waals surface area contributed by atoms with Crippen molar-refractivity contribution in [3.8, 4) is 0 Å². The van der Waals surface area contributed by atoms with Gasteiger partial charge in [0.25, 0.3) is 0 Å². The lowest BCUT2D eigenvalue weighted by Crippen LogP contribution is -2.39.